The summed E-state index contributed by atoms with van der Waals surface area (Å²) >= 11 is 0. The molecule has 1 spiro atoms. The second kappa shape index (κ2) is 7.90. The van der Waals surface area contributed by atoms with E-state index in [9.17, 15) is 9.59 Å². The number of likely N-dealkylation sites (tertiary alicyclic amines) is 1. The highest BCUT2D eigenvalue weighted by Gasteiger charge is 2.50. The minimum atomic E-state index is -0.194. The third kappa shape index (κ3) is 4.51. The second-order valence-electron chi connectivity index (χ2n) is 11.7. The zero-order valence-electron chi connectivity index (χ0n) is 20.0. The van der Waals surface area contributed by atoms with Gasteiger partial charge in [-0.05, 0) is 63.0 Å². The third-order valence-corrected chi connectivity index (χ3v) is 7.96. The highest BCUT2D eigenvalue weighted by atomic mass is 16.2. The molecule has 1 N–H and O–H groups in total. The Labute approximate surface area is 187 Å². The van der Waals surface area contributed by atoms with E-state index in [-0.39, 0.29) is 22.8 Å². The van der Waals surface area contributed by atoms with E-state index in [0.717, 1.165) is 38.8 Å². The van der Waals surface area contributed by atoms with Gasteiger partial charge in [-0.25, -0.2) is 0 Å². The Morgan fingerprint density at radius 2 is 1.77 bits per heavy atom. The lowest BCUT2D eigenvalue weighted by Gasteiger charge is -2.53. The fourth-order valence-corrected chi connectivity index (χ4v) is 5.89. The molecule has 1 aromatic rings. The molecule has 2 heterocycles. The minimum absolute atomic E-state index is 0.0784. The maximum atomic E-state index is 13.0. The fraction of sp³-hybridized carbons (Fsp3) is 0.731. The van der Waals surface area contributed by atoms with Gasteiger partial charge in [0.2, 0.25) is 11.8 Å². The smallest absolute Gasteiger partial charge is 0.225 e. The van der Waals surface area contributed by atoms with Crippen LogP contribution in [0.2, 0.25) is 0 Å². The average Bonchev–Trinajstić information content (AvgIpc) is 2.69. The van der Waals surface area contributed by atoms with Crippen LogP contribution in [-0.2, 0) is 15.0 Å². The van der Waals surface area contributed by atoms with E-state index >= 15 is 0 Å². The molecule has 5 heteroatoms. The second-order valence-corrected chi connectivity index (χ2v) is 11.7. The molecular formula is C26H39N3O2. The zero-order valence-corrected chi connectivity index (χ0v) is 20.0. The molecular weight excluding hydrogens is 386 g/mol. The standard InChI is InChI=1S/C26H39N3O2/c1-6-22(30)28-25(5)14-19(15-25)23(31)29-12-10-26(11-13-29)16-18(17-26)20-8-7-9-21(27-20)24(2,3)4/h7-9,18-19H,6,10-17H2,1-5H3,(H,28,30)/t19-,25+. The van der Waals surface area contributed by atoms with Gasteiger partial charge in [0.1, 0.15) is 0 Å². The van der Waals surface area contributed by atoms with Crippen molar-refractivity contribution in [2.45, 2.75) is 96.4 Å². The van der Waals surface area contributed by atoms with Gasteiger partial charge in [0.25, 0.3) is 0 Å². The van der Waals surface area contributed by atoms with E-state index in [1.54, 1.807) is 0 Å². The number of nitrogens with one attached hydrogen (secondary N) is 1. The maximum Gasteiger partial charge on any atom is 0.225 e. The summed E-state index contributed by atoms with van der Waals surface area (Å²) in [6.07, 6.45) is 6.70. The summed E-state index contributed by atoms with van der Waals surface area (Å²) in [4.78, 5) is 31.7. The molecule has 2 amide bonds. The van der Waals surface area contributed by atoms with Crippen LogP contribution in [0.3, 0.4) is 0 Å². The molecule has 170 valence electrons. The first-order chi connectivity index (χ1) is 14.5. The Bertz CT molecular complexity index is 834. The number of aromatic nitrogens is 1. The molecule has 1 aromatic heterocycles. The van der Waals surface area contributed by atoms with Crippen LogP contribution in [0.15, 0.2) is 18.2 Å². The molecule has 2 aliphatic carbocycles. The molecule has 5 nitrogen and oxygen atoms in total. The highest BCUT2D eigenvalue weighted by Crippen LogP contribution is 2.56. The van der Waals surface area contributed by atoms with E-state index in [1.807, 2.05) is 6.92 Å². The molecule has 0 aromatic carbocycles. The van der Waals surface area contributed by atoms with E-state index in [4.69, 9.17) is 4.98 Å². The number of nitrogens with zero attached hydrogens (tertiary/aromatic N) is 2. The van der Waals surface area contributed by atoms with Crippen LogP contribution in [0.25, 0.3) is 0 Å². The molecule has 1 saturated heterocycles. The molecule has 3 fully saturated rings. The quantitative estimate of drug-likeness (QED) is 0.769. The van der Waals surface area contributed by atoms with Gasteiger partial charge in [0.05, 0.1) is 0 Å². The molecule has 0 bridgehead atoms. The van der Waals surface area contributed by atoms with Crippen LogP contribution in [0.4, 0.5) is 0 Å². The predicted octanol–water partition coefficient (Wildman–Crippen LogP) is 4.56. The summed E-state index contributed by atoms with van der Waals surface area (Å²) in [5.74, 6) is 1.03. The molecule has 0 radical (unpaired) electrons. The van der Waals surface area contributed by atoms with Gasteiger partial charge < -0.3 is 10.2 Å². The maximum absolute atomic E-state index is 13.0. The lowest BCUT2D eigenvalue weighted by molar-refractivity contribution is -0.146. The van der Waals surface area contributed by atoms with Gasteiger partial charge in [-0.1, -0.05) is 33.8 Å². The zero-order chi connectivity index (χ0) is 22.4. The van der Waals surface area contributed by atoms with Gasteiger partial charge in [-0.15, -0.1) is 0 Å². The van der Waals surface area contributed by atoms with E-state index < -0.39 is 0 Å². The number of hydrogen-bond donors (Lipinski definition) is 1. The molecule has 3 aliphatic rings. The lowest BCUT2D eigenvalue weighted by atomic mass is 9.56. The van der Waals surface area contributed by atoms with Crippen LogP contribution in [-0.4, -0.2) is 40.3 Å². The van der Waals surface area contributed by atoms with Crippen molar-refractivity contribution in [1.82, 2.24) is 15.2 Å². The van der Waals surface area contributed by atoms with E-state index in [0.29, 0.717) is 23.7 Å². The van der Waals surface area contributed by atoms with Crippen molar-refractivity contribution >= 4 is 11.8 Å². The molecule has 1 aliphatic heterocycles. The van der Waals surface area contributed by atoms with Gasteiger partial charge in [-0.2, -0.15) is 0 Å². The molecule has 2 saturated carbocycles. The first-order valence-electron chi connectivity index (χ1n) is 12.1. The Kier molecular flexibility index (Phi) is 5.68. The first-order valence-corrected chi connectivity index (χ1v) is 12.1. The highest BCUT2D eigenvalue weighted by molar-refractivity contribution is 5.82. The number of piperidine rings is 1. The van der Waals surface area contributed by atoms with Crippen LogP contribution < -0.4 is 5.32 Å². The Hall–Kier alpha value is -1.91. The van der Waals surface area contributed by atoms with Crippen LogP contribution >= 0.6 is 0 Å². The van der Waals surface area contributed by atoms with Crippen molar-refractivity contribution in [1.29, 1.82) is 0 Å². The summed E-state index contributed by atoms with van der Waals surface area (Å²) in [5, 5.41) is 3.08. The van der Waals surface area contributed by atoms with E-state index in [1.165, 1.54) is 24.2 Å². The summed E-state index contributed by atoms with van der Waals surface area (Å²) in [5.41, 5.74) is 2.72. The van der Waals surface area contributed by atoms with Gasteiger partial charge in [0.15, 0.2) is 0 Å². The van der Waals surface area contributed by atoms with Crippen molar-refractivity contribution in [2.75, 3.05) is 13.1 Å². The number of pyridine rings is 1. The topological polar surface area (TPSA) is 62.3 Å². The number of amides is 2. The Balaban J connectivity index is 1.26. The molecule has 31 heavy (non-hydrogen) atoms. The fourth-order valence-electron chi connectivity index (χ4n) is 5.89. The molecule has 0 atom stereocenters. The predicted molar refractivity (Wildman–Crippen MR) is 123 cm³/mol. The SMILES string of the molecule is CCC(=O)N[C@]1(C)C[C@H](C(=O)N2CCC3(CC2)CC(c2cccc(C(C)(C)C)n2)C3)C1. The van der Waals surface area contributed by atoms with Crippen LogP contribution in [0, 0.1) is 11.3 Å². The Morgan fingerprint density at radius 1 is 1.13 bits per heavy atom. The number of hydrogen-bond acceptors (Lipinski definition) is 3. The number of carbonyl (C=O) groups is 2. The summed E-state index contributed by atoms with van der Waals surface area (Å²) in [7, 11) is 0. The summed E-state index contributed by atoms with van der Waals surface area (Å²) in [6.45, 7) is 12.4. The van der Waals surface area contributed by atoms with Crippen LogP contribution in [0.5, 0.6) is 0 Å². The average molecular weight is 426 g/mol. The molecule has 4 rings (SSSR count). The lowest BCUT2D eigenvalue weighted by Crippen LogP contribution is -2.59. The Morgan fingerprint density at radius 3 is 2.35 bits per heavy atom. The largest absolute Gasteiger partial charge is 0.351 e. The van der Waals surface area contributed by atoms with Crippen molar-refractivity contribution in [3.05, 3.63) is 29.6 Å². The van der Waals surface area contributed by atoms with Crippen molar-refractivity contribution in [3.8, 4) is 0 Å². The van der Waals surface area contributed by atoms with Gasteiger partial charge in [0, 0.05) is 53.7 Å². The van der Waals surface area contributed by atoms with Crippen LogP contribution in [0.1, 0.15) is 96.9 Å². The molecule has 0 unspecified atom stereocenters. The number of carbonyl (C=O) groups excluding carboxylic acids is 2. The number of rotatable bonds is 4. The van der Waals surface area contributed by atoms with Crippen molar-refractivity contribution < 1.29 is 9.59 Å². The minimum Gasteiger partial charge on any atom is -0.351 e. The summed E-state index contributed by atoms with van der Waals surface area (Å²) in [6, 6.07) is 6.49. The monoisotopic (exact) mass is 425 g/mol. The normalized spacial score (nSPS) is 28.0. The first kappa shape index (κ1) is 22.3. The van der Waals surface area contributed by atoms with E-state index in [2.05, 4.69) is 56.1 Å². The van der Waals surface area contributed by atoms with Gasteiger partial charge in [-0.3, -0.25) is 14.6 Å². The van der Waals surface area contributed by atoms with Crippen molar-refractivity contribution in [3.63, 3.8) is 0 Å². The summed E-state index contributed by atoms with van der Waals surface area (Å²) < 4.78 is 0. The third-order valence-electron chi connectivity index (χ3n) is 7.96. The van der Waals surface area contributed by atoms with Crippen molar-refractivity contribution in [2.24, 2.45) is 11.3 Å². The van der Waals surface area contributed by atoms with Gasteiger partial charge >= 0.3 is 0 Å².